The number of nitrogen functional groups attached to an aromatic ring is 1. The van der Waals surface area contributed by atoms with E-state index in [9.17, 15) is 14.7 Å². The lowest BCUT2D eigenvalue weighted by Crippen LogP contribution is -2.50. The number of ether oxygens (including phenoxy) is 1. The summed E-state index contributed by atoms with van der Waals surface area (Å²) in [6.45, 7) is 0.458. The first-order chi connectivity index (χ1) is 17.0. The standard InChI is InChI=1S/C23H19N7O5/c24-22-13-1-2-14-18(20(13)35-28-22)16(31)11-15(26-14)19(32)21-23(33)29(9-10-34-21)17-5-8-30(27-17)12-3-6-25-7-4-12/h1-8,11,19,21,32H,9-10H2,(H2,24,28)(H,26,31)/t19-,21?/m0/s1. The first-order valence-electron chi connectivity index (χ1n) is 10.8. The number of nitrogens with one attached hydrogen (secondary N) is 1. The fourth-order valence-electron chi connectivity index (χ4n) is 4.26. The summed E-state index contributed by atoms with van der Waals surface area (Å²) in [5.74, 6) is 0.130. The topological polar surface area (TPSA) is 165 Å². The van der Waals surface area contributed by atoms with Gasteiger partial charge in [-0.2, -0.15) is 0 Å². The van der Waals surface area contributed by atoms with Gasteiger partial charge < -0.3 is 25.1 Å². The van der Waals surface area contributed by atoms with E-state index < -0.39 is 23.5 Å². The smallest absolute Gasteiger partial charge is 0.260 e. The molecule has 0 aliphatic carbocycles. The van der Waals surface area contributed by atoms with Gasteiger partial charge in [-0.1, -0.05) is 5.16 Å². The van der Waals surface area contributed by atoms with E-state index in [1.54, 1.807) is 53.6 Å². The number of H-pyrrole nitrogens is 1. The van der Waals surface area contributed by atoms with Crippen molar-refractivity contribution in [3.05, 3.63) is 70.9 Å². The maximum atomic E-state index is 13.3. The number of nitrogens with zero attached hydrogens (tertiary/aromatic N) is 5. The minimum Gasteiger partial charge on any atom is -0.384 e. The summed E-state index contributed by atoms with van der Waals surface area (Å²) < 4.78 is 12.5. The Morgan fingerprint density at radius 1 is 1.17 bits per heavy atom. The zero-order valence-electron chi connectivity index (χ0n) is 18.2. The monoisotopic (exact) mass is 473 g/mol. The molecule has 0 radical (unpaired) electrons. The minimum atomic E-state index is -1.42. The molecule has 0 spiro atoms. The van der Waals surface area contributed by atoms with Crippen molar-refractivity contribution in [2.75, 3.05) is 23.8 Å². The number of pyridine rings is 2. The number of carbonyl (C=O) groups excluding carboxylic acids is 1. The molecule has 0 bridgehead atoms. The van der Waals surface area contributed by atoms with Crippen molar-refractivity contribution in [1.29, 1.82) is 0 Å². The second-order valence-corrected chi connectivity index (χ2v) is 8.07. The van der Waals surface area contributed by atoms with E-state index in [0.29, 0.717) is 16.7 Å². The first kappa shape index (κ1) is 21.0. The number of hydrogen-bond acceptors (Lipinski definition) is 9. The number of rotatable bonds is 4. The van der Waals surface area contributed by atoms with Crippen molar-refractivity contribution >= 4 is 39.4 Å². The molecule has 4 N–H and O–H groups in total. The minimum absolute atomic E-state index is 0.136. The van der Waals surface area contributed by atoms with Gasteiger partial charge in [0.15, 0.2) is 28.8 Å². The van der Waals surface area contributed by atoms with Crippen LogP contribution in [0.3, 0.4) is 0 Å². The molecule has 1 aliphatic rings. The van der Waals surface area contributed by atoms with Crippen LogP contribution < -0.4 is 16.1 Å². The molecule has 1 unspecified atom stereocenters. The lowest BCUT2D eigenvalue weighted by Gasteiger charge is -2.33. The van der Waals surface area contributed by atoms with Crippen molar-refractivity contribution in [2.45, 2.75) is 12.2 Å². The van der Waals surface area contributed by atoms with Gasteiger partial charge in [-0.3, -0.25) is 19.5 Å². The average molecular weight is 473 g/mol. The second kappa shape index (κ2) is 8.04. The van der Waals surface area contributed by atoms with Crippen molar-refractivity contribution in [1.82, 2.24) is 24.9 Å². The Morgan fingerprint density at radius 3 is 2.83 bits per heavy atom. The highest BCUT2D eigenvalue weighted by molar-refractivity contribution is 6.05. The molecule has 35 heavy (non-hydrogen) atoms. The molecule has 1 amide bonds. The number of aliphatic hydroxyl groups excluding tert-OH is 1. The third-order valence-corrected chi connectivity index (χ3v) is 5.99. The average Bonchev–Trinajstić information content (AvgIpc) is 3.51. The van der Waals surface area contributed by atoms with Gasteiger partial charge in [0.1, 0.15) is 6.10 Å². The van der Waals surface area contributed by atoms with E-state index in [4.69, 9.17) is 15.0 Å². The lowest BCUT2D eigenvalue weighted by molar-refractivity contribution is -0.143. The summed E-state index contributed by atoms with van der Waals surface area (Å²) in [5, 5.41) is 20.0. The summed E-state index contributed by atoms with van der Waals surface area (Å²) >= 11 is 0. The number of anilines is 2. The van der Waals surface area contributed by atoms with Crippen molar-refractivity contribution in [2.24, 2.45) is 0 Å². The zero-order valence-corrected chi connectivity index (χ0v) is 18.2. The molecule has 176 valence electrons. The lowest BCUT2D eigenvalue weighted by atomic mass is 10.0. The number of hydrogen-bond donors (Lipinski definition) is 3. The zero-order chi connectivity index (χ0) is 24.1. The van der Waals surface area contributed by atoms with Crippen molar-refractivity contribution in [3.8, 4) is 5.69 Å². The van der Waals surface area contributed by atoms with Crippen LogP contribution in [-0.2, 0) is 9.53 Å². The van der Waals surface area contributed by atoms with Crippen LogP contribution in [0.1, 0.15) is 11.8 Å². The van der Waals surface area contributed by atoms with E-state index in [2.05, 4.69) is 20.2 Å². The van der Waals surface area contributed by atoms with Gasteiger partial charge in [-0.25, -0.2) is 4.68 Å². The van der Waals surface area contributed by atoms with Crippen LogP contribution >= 0.6 is 0 Å². The summed E-state index contributed by atoms with van der Waals surface area (Å²) in [6.07, 6.45) is 2.38. The Labute approximate surface area is 196 Å². The molecule has 5 aromatic rings. The normalized spacial score (nSPS) is 17.3. The number of aliphatic hydroxyl groups is 1. The van der Waals surface area contributed by atoms with Crippen LogP contribution in [0.2, 0.25) is 0 Å². The third kappa shape index (κ3) is 3.43. The van der Waals surface area contributed by atoms with Gasteiger partial charge in [0, 0.05) is 30.7 Å². The molecule has 12 nitrogen and oxygen atoms in total. The molecule has 0 saturated carbocycles. The molecule has 4 aromatic heterocycles. The Balaban J connectivity index is 1.31. The van der Waals surface area contributed by atoms with Gasteiger partial charge in [-0.15, -0.1) is 5.10 Å². The van der Waals surface area contributed by atoms with E-state index in [-0.39, 0.29) is 35.6 Å². The van der Waals surface area contributed by atoms with E-state index >= 15 is 0 Å². The molecule has 1 fully saturated rings. The largest absolute Gasteiger partial charge is 0.384 e. The van der Waals surface area contributed by atoms with Crippen LogP contribution in [-0.4, -0.2) is 55.2 Å². The molecule has 1 aliphatic heterocycles. The number of aromatic amines is 1. The maximum Gasteiger partial charge on any atom is 0.260 e. The summed E-state index contributed by atoms with van der Waals surface area (Å²) in [7, 11) is 0. The number of nitrogens with two attached hydrogens (primary N) is 1. The van der Waals surface area contributed by atoms with Gasteiger partial charge in [-0.05, 0) is 24.3 Å². The SMILES string of the molecule is Nc1noc2c1ccc1[nH]c([C@H](O)C3OCCN(c4ccn(-c5ccncc5)n4)C3=O)cc(=O)c12. The predicted octanol–water partition coefficient (Wildman–Crippen LogP) is 1.30. The summed E-state index contributed by atoms with van der Waals surface area (Å²) in [6, 6.07) is 9.82. The Kier molecular flexibility index (Phi) is 4.83. The van der Waals surface area contributed by atoms with Crippen LogP contribution in [0.5, 0.6) is 0 Å². The molecule has 5 heterocycles. The number of carbonyl (C=O) groups is 1. The Morgan fingerprint density at radius 2 is 2.00 bits per heavy atom. The highest BCUT2D eigenvalue weighted by atomic mass is 16.5. The number of benzene rings is 1. The molecule has 2 atom stereocenters. The van der Waals surface area contributed by atoms with Gasteiger partial charge >= 0.3 is 0 Å². The van der Waals surface area contributed by atoms with E-state index in [1.165, 1.54) is 11.0 Å². The molecule has 12 heteroatoms. The Bertz CT molecular complexity index is 1620. The second-order valence-electron chi connectivity index (χ2n) is 8.07. The van der Waals surface area contributed by atoms with Gasteiger partial charge in [0.2, 0.25) is 0 Å². The maximum absolute atomic E-state index is 13.3. The van der Waals surface area contributed by atoms with Crippen LogP contribution in [0.25, 0.3) is 27.6 Å². The number of fused-ring (bicyclic) bond motifs is 3. The third-order valence-electron chi connectivity index (χ3n) is 5.99. The van der Waals surface area contributed by atoms with E-state index in [1.807, 2.05) is 0 Å². The molecule has 6 rings (SSSR count). The molecular weight excluding hydrogens is 454 g/mol. The predicted molar refractivity (Wildman–Crippen MR) is 125 cm³/mol. The van der Waals surface area contributed by atoms with Crippen molar-refractivity contribution < 1.29 is 19.2 Å². The van der Waals surface area contributed by atoms with Crippen molar-refractivity contribution in [3.63, 3.8) is 0 Å². The Hall–Kier alpha value is -4.55. The van der Waals surface area contributed by atoms with Crippen LogP contribution in [0.15, 0.2) is 64.3 Å². The van der Waals surface area contributed by atoms with E-state index in [0.717, 1.165) is 5.69 Å². The van der Waals surface area contributed by atoms with Crippen LogP contribution in [0.4, 0.5) is 11.6 Å². The van der Waals surface area contributed by atoms with Crippen LogP contribution in [0, 0.1) is 0 Å². The number of morpholine rings is 1. The number of aromatic nitrogens is 5. The van der Waals surface area contributed by atoms with Gasteiger partial charge in [0.05, 0.1) is 40.8 Å². The number of amides is 1. The summed E-state index contributed by atoms with van der Waals surface area (Å²) in [4.78, 5) is 34.6. The quantitative estimate of drug-likeness (QED) is 0.349. The molecule has 1 saturated heterocycles. The fourth-order valence-corrected chi connectivity index (χ4v) is 4.26. The first-order valence-corrected chi connectivity index (χ1v) is 10.8. The molecule has 1 aromatic carbocycles. The van der Waals surface area contributed by atoms with Gasteiger partial charge in [0.25, 0.3) is 5.91 Å². The summed E-state index contributed by atoms with van der Waals surface area (Å²) in [5.41, 5.74) is 6.96. The molecular formula is C23H19N7O5. The highest BCUT2D eigenvalue weighted by Gasteiger charge is 2.38. The highest BCUT2D eigenvalue weighted by Crippen LogP contribution is 2.29. The fraction of sp³-hybridized carbons (Fsp3) is 0.174.